The fourth-order valence-electron chi connectivity index (χ4n) is 1.23. The molecule has 1 aromatic carbocycles. The zero-order chi connectivity index (χ0) is 9.97. The molecule has 0 atom stereocenters. The lowest BCUT2D eigenvalue weighted by Gasteiger charge is -2.05. The van der Waals surface area contributed by atoms with E-state index in [1.54, 1.807) is 12.4 Å². The van der Waals surface area contributed by atoms with Crippen LogP contribution >= 0.6 is 0 Å². The van der Waals surface area contributed by atoms with Crippen molar-refractivity contribution in [3.8, 4) is 5.69 Å². The summed E-state index contributed by atoms with van der Waals surface area (Å²) in [6, 6.07) is 10.5. The molecular formula is C11H10N2O. The van der Waals surface area contributed by atoms with Gasteiger partial charge >= 0.3 is 0 Å². The van der Waals surface area contributed by atoms with Gasteiger partial charge < -0.3 is 10.3 Å². The van der Waals surface area contributed by atoms with Gasteiger partial charge in [-0.05, 0) is 24.3 Å². The predicted octanol–water partition coefficient (Wildman–Crippen LogP) is 1.42. The van der Waals surface area contributed by atoms with Crippen molar-refractivity contribution in [2.45, 2.75) is 0 Å². The first kappa shape index (κ1) is 8.56. The minimum Gasteiger partial charge on any atom is -0.399 e. The van der Waals surface area contributed by atoms with E-state index in [1.165, 1.54) is 12.1 Å². The van der Waals surface area contributed by atoms with Gasteiger partial charge in [0.25, 0.3) is 0 Å². The van der Waals surface area contributed by atoms with E-state index in [4.69, 9.17) is 5.73 Å². The zero-order valence-corrected chi connectivity index (χ0v) is 7.55. The van der Waals surface area contributed by atoms with Crippen molar-refractivity contribution in [2.75, 3.05) is 5.73 Å². The van der Waals surface area contributed by atoms with Crippen LogP contribution < -0.4 is 11.2 Å². The Morgan fingerprint density at radius 1 is 0.929 bits per heavy atom. The van der Waals surface area contributed by atoms with Crippen LogP contribution in [0.2, 0.25) is 0 Å². The summed E-state index contributed by atoms with van der Waals surface area (Å²) in [5, 5.41) is 0. The van der Waals surface area contributed by atoms with Gasteiger partial charge in [-0.15, -0.1) is 0 Å². The average molecular weight is 186 g/mol. The van der Waals surface area contributed by atoms with E-state index in [2.05, 4.69) is 0 Å². The zero-order valence-electron chi connectivity index (χ0n) is 7.55. The van der Waals surface area contributed by atoms with Crippen LogP contribution in [0.1, 0.15) is 0 Å². The van der Waals surface area contributed by atoms with Gasteiger partial charge in [0.1, 0.15) is 0 Å². The smallest absolute Gasteiger partial charge is 0.181 e. The molecule has 1 heterocycles. The van der Waals surface area contributed by atoms with Crippen LogP contribution in [-0.2, 0) is 0 Å². The van der Waals surface area contributed by atoms with Gasteiger partial charge in [0, 0.05) is 35.9 Å². The molecule has 0 aliphatic rings. The Balaban J connectivity index is 2.44. The van der Waals surface area contributed by atoms with Crippen LogP contribution in [0.4, 0.5) is 5.69 Å². The average Bonchev–Trinajstić information content (AvgIpc) is 2.21. The Hall–Kier alpha value is -2.03. The largest absolute Gasteiger partial charge is 0.399 e. The Morgan fingerprint density at radius 2 is 1.50 bits per heavy atom. The third kappa shape index (κ3) is 1.66. The topological polar surface area (TPSA) is 48.0 Å². The number of pyridine rings is 1. The summed E-state index contributed by atoms with van der Waals surface area (Å²) in [6.45, 7) is 0. The number of nitrogens with zero attached hydrogens (tertiary/aromatic N) is 1. The summed E-state index contributed by atoms with van der Waals surface area (Å²) >= 11 is 0. The molecule has 2 aromatic rings. The molecule has 2 rings (SSSR count). The fraction of sp³-hybridized carbons (Fsp3) is 0. The fourth-order valence-corrected chi connectivity index (χ4v) is 1.23. The normalized spacial score (nSPS) is 10.0. The van der Waals surface area contributed by atoms with Gasteiger partial charge in [-0.3, -0.25) is 4.79 Å². The molecule has 0 aliphatic heterocycles. The molecule has 70 valence electrons. The van der Waals surface area contributed by atoms with Crippen LogP contribution in [0, 0.1) is 0 Å². The van der Waals surface area contributed by atoms with E-state index in [0.29, 0.717) is 0 Å². The molecule has 0 bridgehead atoms. The number of hydrogen-bond donors (Lipinski definition) is 1. The molecule has 0 fully saturated rings. The van der Waals surface area contributed by atoms with Crippen molar-refractivity contribution in [1.82, 2.24) is 4.57 Å². The summed E-state index contributed by atoms with van der Waals surface area (Å²) in [5.41, 5.74) is 7.30. The van der Waals surface area contributed by atoms with Crippen molar-refractivity contribution in [1.29, 1.82) is 0 Å². The van der Waals surface area contributed by atoms with Gasteiger partial charge in [-0.25, -0.2) is 0 Å². The van der Waals surface area contributed by atoms with E-state index in [9.17, 15) is 4.79 Å². The highest BCUT2D eigenvalue weighted by Crippen LogP contribution is 2.09. The number of benzene rings is 1. The number of hydrogen-bond acceptors (Lipinski definition) is 2. The van der Waals surface area contributed by atoms with Gasteiger partial charge in [0.2, 0.25) is 0 Å². The summed E-state index contributed by atoms with van der Waals surface area (Å²) in [7, 11) is 0. The highest BCUT2D eigenvalue weighted by Gasteiger charge is 1.92. The Labute approximate surface area is 81.4 Å². The molecule has 0 spiro atoms. The maximum atomic E-state index is 10.9. The van der Waals surface area contributed by atoms with Crippen molar-refractivity contribution in [2.24, 2.45) is 0 Å². The minimum atomic E-state index is 0.0108. The van der Waals surface area contributed by atoms with E-state index in [-0.39, 0.29) is 5.43 Å². The second-order valence-corrected chi connectivity index (χ2v) is 3.03. The molecule has 0 unspecified atom stereocenters. The molecule has 0 saturated heterocycles. The first-order chi connectivity index (χ1) is 6.75. The molecule has 3 heteroatoms. The van der Waals surface area contributed by atoms with Gasteiger partial charge in [0.15, 0.2) is 5.43 Å². The van der Waals surface area contributed by atoms with Crippen LogP contribution in [0.25, 0.3) is 5.69 Å². The standard InChI is InChI=1S/C11H10N2O/c12-9-1-3-10(4-2-9)13-7-5-11(14)6-8-13/h1-8H,12H2. The van der Waals surface area contributed by atoms with Crippen LogP contribution in [0.15, 0.2) is 53.6 Å². The molecule has 2 N–H and O–H groups in total. The molecule has 0 radical (unpaired) electrons. The maximum absolute atomic E-state index is 10.9. The number of nitrogens with two attached hydrogens (primary N) is 1. The number of aromatic nitrogens is 1. The van der Waals surface area contributed by atoms with E-state index in [1.807, 2.05) is 28.8 Å². The van der Waals surface area contributed by atoms with Crippen LogP contribution in [0.5, 0.6) is 0 Å². The Bertz CT molecular complexity index is 465. The number of anilines is 1. The summed E-state index contributed by atoms with van der Waals surface area (Å²) in [4.78, 5) is 10.9. The predicted molar refractivity (Wildman–Crippen MR) is 56.5 cm³/mol. The molecular weight excluding hydrogens is 176 g/mol. The summed E-state index contributed by atoms with van der Waals surface area (Å²) < 4.78 is 1.86. The molecule has 14 heavy (non-hydrogen) atoms. The van der Waals surface area contributed by atoms with Crippen molar-refractivity contribution < 1.29 is 0 Å². The first-order valence-electron chi connectivity index (χ1n) is 4.30. The van der Waals surface area contributed by atoms with Crippen LogP contribution in [0.3, 0.4) is 0 Å². The molecule has 0 saturated carbocycles. The monoisotopic (exact) mass is 186 g/mol. The molecule has 3 nitrogen and oxygen atoms in total. The number of nitrogen functional groups attached to an aromatic ring is 1. The molecule has 0 aliphatic carbocycles. The van der Waals surface area contributed by atoms with E-state index >= 15 is 0 Å². The Morgan fingerprint density at radius 3 is 2.07 bits per heavy atom. The van der Waals surface area contributed by atoms with Crippen molar-refractivity contribution in [3.63, 3.8) is 0 Å². The first-order valence-corrected chi connectivity index (χ1v) is 4.30. The lowest BCUT2D eigenvalue weighted by atomic mass is 10.3. The SMILES string of the molecule is Nc1ccc(-n2ccc(=O)cc2)cc1. The third-order valence-electron chi connectivity index (χ3n) is 1.99. The quantitative estimate of drug-likeness (QED) is 0.685. The van der Waals surface area contributed by atoms with Crippen molar-refractivity contribution >= 4 is 5.69 Å². The summed E-state index contributed by atoms with van der Waals surface area (Å²) in [5.74, 6) is 0. The van der Waals surface area contributed by atoms with Gasteiger partial charge in [-0.2, -0.15) is 0 Å². The number of rotatable bonds is 1. The maximum Gasteiger partial charge on any atom is 0.181 e. The Kier molecular flexibility index (Phi) is 2.07. The third-order valence-corrected chi connectivity index (χ3v) is 1.99. The second-order valence-electron chi connectivity index (χ2n) is 3.03. The summed E-state index contributed by atoms with van der Waals surface area (Å²) in [6.07, 6.45) is 3.46. The molecule has 1 aromatic heterocycles. The lowest BCUT2D eigenvalue weighted by Crippen LogP contribution is -2.01. The van der Waals surface area contributed by atoms with Crippen molar-refractivity contribution in [3.05, 3.63) is 59.0 Å². The van der Waals surface area contributed by atoms with Gasteiger partial charge in [-0.1, -0.05) is 0 Å². The van der Waals surface area contributed by atoms with E-state index < -0.39 is 0 Å². The molecule has 0 amide bonds. The lowest BCUT2D eigenvalue weighted by molar-refractivity contribution is 1.04. The van der Waals surface area contributed by atoms with Crippen LogP contribution in [-0.4, -0.2) is 4.57 Å². The highest BCUT2D eigenvalue weighted by molar-refractivity contribution is 5.44. The highest BCUT2D eigenvalue weighted by atomic mass is 16.1. The second kappa shape index (κ2) is 3.38. The minimum absolute atomic E-state index is 0.0108. The van der Waals surface area contributed by atoms with E-state index in [0.717, 1.165) is 11.4 Å². The van der Waals surface area contributed by atoms with Gasteiger partial charge in [0.05, 0.1) is 0 Å².